The molecule has 0 fully saturated rings. The van der Waals surface area contributed by atoms with Crippen molar-refractivity contribution in [1.82, 2.24) is 4.98 Å². The zero-order valence-corrected chi connectivity index (χ0v) is 24.2. The van der Waals surface area contributed by atoms with Gasteiger partial charge in [0.15, 0.2) is 39.5 Å². The van der Waals surface area contributed by atoms with E-state index in [1.807, 2.05) is 0 Å². The third-order valence-corrected chi connectivity index (χ3v) is 8.40. The van der Waals surface area contributed by atoms with E-state index in [1.165, 1.54) is 42.6 Å². The number of carbonyl (C=O) groups excluding carboxylic acids is 2. The molecule has 1 atom stereocenters. The summed E-state index contributed by atoms with van der Waals surface area (Å²) in [6, 6.07) is 13.9. The molecule has 12 heteroatoms. The van der Waals surface area contributed by atoms with Gasteiger partial charge in [-0.2, -0.15) is 0 Å². The average molecular weight is 637 g/mol. The predicted molar refractivity (Wildman–Crippen MR) is 156 cm³/mol. The standard InChI is InChI=1S/C29H21BrN2O8S/c1-37-15-7-8-17-21(12-15)41-29(31-17)32-23(14-9-16(30)24(33)19(11-14)39-3)22(26(35)28(32)36)25(34)20-10-13-5-4-6-18(38-2)27(13)40-20/h4-12,23,33,35H,1-3H3. The Balaban J connectivity index is 1.54. The number of ketones is 1. The number of fused-ring (bicyclic) bond motifs is 2. The number of furan rings is 1. The van der Waals surface area contributed by atoms with E-state index < -0.39 is 23.5 Å². The predicted octanol–water partition coefficient (Wildman–Crippen LogP) is 6.32. The van der Waals surface area contributed by atoms with Crippen molar-refractivity contribution in [2.75, 3.05) is 26.2 Å². The zero-order valence-electron chi connectivity index (χ0n) is 21.8. The Morgan fingerprint density at radius 3 is 2.54 bits per heavy atom. The number of phenols is 1. The lowest BCUT2D eigenvalue weighted by Gasteiger charge is -2.25. The van der Waals surface area contributed by atoms with Crippen molar-refractivity contribution in [3.63, 3.8) is 0 Å². The van der Waals surface area contributed by atoms with Gasteiger partial charge in [0.2, 0.25) is 5.78 Å². The molecule has 1 unspecified atom stereocenters. The first-order valence-corrected chi connectivity index (χ1v) is 13.8. The largest absolute Gasteiger partial charge is 0.503 e. The van der Waals surface area contributed by atoms with E-state index in [1.54, 1.807) is 49.6 Å². The number of aliphatic hydroxyl groups is 1. The van der Waals surface area contributed by atoms with Crippen LogP contribution in [-0.4, -0.2) is 48.2 Å². The molecule has 208 valence electrons. The topological polar surface area (TPSA) is 132 Å². The van der Waals surface area contributed by atoms with Crippen molar-refractivity contribution in [3.8, 4) is 23.0 Å². The molecule has 5 aromatic rings. The lowest BCUT2D eigenvalue weighted by molar-refractivity contribution is -0.117. The van der Waals surface area contributed by atoms with Crippen LogP contribution >= 0.6 is 27.3 Å². The van der Waals surface area contributed by atoms with E-state index >= 15 is 0 Å². The SMILES string of the molecule is COc1ccc2nc(N3C(=O)C(O)=C(C(=O)c4cc5cccc(OC)c5o4)C3c3cc(Br)c(O)c(OC)c3)sc2c1. The number of rotatable bonds is 7. The van der Waals surface area contributed by atoms with Gasteiger partial charge in [-0.1, -0.05) is 23.5 Å². The highest BCUT2D eigenvalue weighted by atomic mass is 79.9. The summed E-state index contributed by atoms with van der Waals surface area (Å²) in [7, 11) is 4.41. The number of aromatic hydroxyl groups is 1. The molecule has 2 N–H and O–H groups in total. The van der Waals surface area contributed by atoms with Crippen LogP contribution in [0.4, 0.5) is 5.13 Å². The van der Waals surface area contributed by atoms with Crippen molar-refractivity contribution in [1.29, 1.82) is 0 Å². The number of aromatic nitrogens is 1. The van der Waals surface area contributed by atoms with Crippen LogP contribution in [-0.2, 0) is 4.79 Å². The van der Waals surface area contributed by atoms with Crippen molar-refractivity contribution >= 4 is 65.3 Å². The van der Waals surface area contributed by atoms with Crippen LogP contribution in [0, 0.1) is 0 Å². The molecule has 0 aliphatic carbocycles. The third kappa shape index (κ3) is 4.26. The fourth-order valence-corrected chi connectivity index (χ4v) is 6.30. The maximum atomic E-state index is 14.0. The molecule has 41 heavy (non-hydrogen) atoms. The van der Waals surface area contributed by atoms with Gasteiger partial charge in [0.05, 0.1) is 47.6 Å². The number of anilines is 1. The molecule has 0 bridgehead atoms. The zero-order chi connectivity index (χ0) is 29.0. The Morgan fingerprint density at radius 2 is 1.80 bits per heavy atom. The number of methoxy groups -OCH3 is 3. The normalized spacial score (nSPS) is 15.3. The van der Waals surface area contributed by atoms with E-state index in [2.05, 4.69) is 20.9 Å². The van der Waals surface area contributed by atoms with Crippen LogP contribution in [0.5, 0.6) is 23.0 Å². The van der Waals surface area contributed by atoms with Gasteiger partial charge in [-0.25, -0.2) is 4.98 Å². The van der Waals surface area contributed by atoms with Crippen molar-refractivity contribution in [3.05, 3.63) is 81.7 Å². The lowest BCUT2D eigenvalue weighted by Crippen LogP contribution is -2.31. The molecule has 0 spiro atoms. The molecule has 1 aliphatic heterocycles. The summed E-state index contributed by atoms with van der Waals surface area (Å²) < 4.78 is 22.9. The highest BCUT2D eigenvalue weighted by Gasteiger charge is 2.47. The number of ether oxygens (including phenoxy) is 3. The summed E-state index contributed by atoms with van der Waals surface area (Å²) in [6.45, 7) is 0. The van der Waals surface area contributed by atoms with Gasteiger partial charge in [0, 0.05) is 5.39 Å². The molecular weight excluding hydrogens is 616 g/mol. The number of phenolic OH excluding ortho intramolecular Hbond substituents is 1. The van der Waals surface area contributed by atoms with Crippen LogP contribution in [0.2, 0.25) is 0 Å². The second kappa shape index (κ2) is 10.1. The number of thiazole rings is 1. The minimum atomic E-state index is -1.14. The number of para-hydroxylation sites is 1. The van der Waals surface area contributed by atoms with Gasteiger partial charge >= 0.3 is 0 Å². The monoisotopic (exact) mass is 636 g/mol. The Morgan fingerprint density at radius 1 is 1.02 bits per heavy atom. The smallest absolute Gasteiger partial charge is 0.296 e. The maximum Gasteiger partial charge on any atom is 0.296 e. The van der Waals surface area contributed by atoms with Gasteiger partial charge in [-0.15, -0.1) is 0 Å². The Labute approximate surface area is 245 Å². The summed E-state index contributed by atoms with van der Waals surface area (Å²) >= 11 is 4.52. The van der Waals surface area contributed by atoms with Gasteiger partial charge < -0.3 is 28.8 Å². The van der Waals surface area contributed by atoms with Crippen molar-refractivity contribution in [2.24, 2.45) is 0 Å². The fourth-order valence-electron chi connectivity index (χ4n) is 4.82. The first kappa shape index (κ1) is 26.7. The molecule has 10 nitrogen and oxygen atoms in total. The number of hydrogen-bond donors (Lipinski definition) is 2. The van der Waals surface area contributed by atoms with Crippen LogP contribution in [0.3, 0.4) is 0 Å². The van der Waals surface area contributed by atoms with Crippen molar-refractivity contribution < 1.29 is 38.4 Å². The second-order valence-corrected chi connectivity index (χ2v) is 10.9. The lowest BCUT2D eigenvalue weighted by atomic mass is 9.95. The summed E-state index contributed by atoms with van der Waals surface area (Å²) in [5, 5.41) is 22.5. The molecule has 2 aromatic heterocycles. The van der Waals surface area contributed by atoms with Gasteiger partial charge in [0.25, 0.3) is 5.91 Å². The van der Waals surface area contributed by atoms with E-state index in [9.17, 15) is 19.8 Å². The quantitative estimate of drug-likeness (QED) is 0.197. The number of benzene rings is 3. The minimum absolute atomic E-state index is 0.0930. The second-order valence-electron chi connectivity index (χ2n) is 9.04. The van der Waals surface area contributed by atoms with E-state index in [-0.39, 0.29) is 32.4 Å². The van der Waals surface area contributed by atoms with E-state index in [4.69, 9.17) is 18.6 Å². The highest BCUT2D eigenvalue weighted by Crippen LogP contribution is 2.47. The first-order chi connectivity index (χ1) is 19.7. The summed E-state index contributed by atoms with van der Waals surface area (Å²) in [4.78, 5) is 33.6. The Bertz CT molecular complexity index is 1910. The van der Waals surface area contributed by atoms with Gasteiger partial charge in [0.1, 0.15) is 5.75 Å². The first-order valence-electron chi connectivity index (χ1n) is 12.1. The van der Waals surface area contributed by atoms with Crippen LogP contribution in [0.1, 0.15) is 22.2 Å². The minimum Gasteiger partial charge on any atom is -0.503 e. The van der Waals surface area contributed by atoms with Gasteiger partial charge in [-0.05, 0) is 64.0 Å². The number of carbonyl (C=O) groups is 2. The number of amides is 1. The van der Waals surface area contributed by atoms with Crippen LogP contribution in [0.25, 0.3) is 21.2 Å². The van der Waals surface area contributed by atoms with Crippen molar-refractivity contribution in [2.45, 2.75) is 6.04 Å². The maximum absolute atomic E-state index is 14.0. The highest BCUT2D eigenvalue weighted by molar-refractivity contribution is 9.10. The number of nitrogens with zero attached hydrogens (tertiary/aromatic N) is 2. The van der Waals surface area contributed by atoms with Crippen LogP contribution < -0.4 is 19.1 Å². The van der Waals surface area contributed by atoms with E-state index in [0.29, 0.717) is 33.5 Å². The summed E-state index contributed by atoms with van der Waals surface area (Å²) in [5.74, 6) is -1.38. The van der Waals surface area contributed by atoms with Gasteiger partial charge in [-0.3, -0.25) is 14.5 Å². The molecule has 1 amide bonds. The Kier molecular flexibility index (Phi) is 6.59. The van der Waals surface area contributed by atoms with E-state index in [0.717, 1.165) is 4.70 Å². The summed E-state index contributed by atoms with van der Waals surface area (Å²) in [5.41, 5.74) is 1.11. The number of Topliss-reactive ketones (excluding diaryl/α,β-unsaturated/α-hetero) is 1. The molecule has 6 rings (SSSR count). The molecule has 3 aromatic carbocycles. The Hall–Kier alpha value is -4.55. The average Bonchev–Trinajstić information content (AvgIpc) is 3.67. The fraction of sp³-hybridized carbons (Fsp3) is 0.138. The number of aliphatic hydroxyl groups excluding tert-OH is 1. The number of hydrogen-bond acceptors (Lipinski definition) is 10. The molecular formula is C29H21BrN2O8S. The molecule has 0 radical (unpaired) electrons. The molecule has 1 aliphatic rings. The molecule has 0 saturated carbocycles. The molecule has 3 heterocycles. The number of halogens is 1. The van der Waals surface area contributed by atoms with Crippen LogP contribution in [0.15, 0.2) is 74.8 Å². The molecule has 0 saturated heterocycles. The summed E-state index contributed by atoms with van der Waals surface area (Å²) in [6.07, 6.45) is 0. The third-order valence-electron chi connectivity index (χ3n) is 6.78.